The summed E-state index contributed by atoms with van der Waals surface area (Å²) in [5.74, 6) is -0.516. The third-order valence-electron chi connectivity index (χ3n) is 4.36. The molecule has 1 heterocycles. The number of carbonyl (C=O) groups excluding carboxylic acids is 3. The minimum absolute atomic E-state index is 0. The first-order chi connectivity index (χ1) is 13.1. The number of hydrogen-bond donors (Lipinski definition) is 3. The van der Waals surface area contributed by atoms with Crippen LogP contribution in [-0.2, 0) is 4.79 Å². The van der Waals surface area contributed by atoms with E-state index in [2.05, 4.69) is 10.6 Å². The van der Waals surface area contributed by atoms with Gasteiger partial charge in [0, 0.05) is 37.3 Å². The number of rotatable bonds is 6. The summed E-state index contributed by atoms with van der Waals surface area (Å²) >= 11 is 0. The topological polar surface area (TPSA) is 105 Å². The second-order valence-electron chi connectivity index (χ2n) is 6.24. The Morgan fingerprint density at radius 1 is 1.04 bits per heavy atom. The van der Waals surface area contributed by atoms with Crippen LogP contribution in [0.1, 0.15) is 33.6 Å². The quantitative estimate of drug-likeness (QED) is 0.688. The molecule has 0 saturated carbocycles. The lowest BCUT2D eigenvalue weighted by Crippen LogP contribution is -2.30. The predicted octanol–water partition coefficient (Wildman–Crippen LogP) is 2.18. The van der Waals surface area contributed by atoms with Gasteiger partial charge >= 0.3 is 0 Å². The van der Waals surface area contributed by atoms with Crippen LogP contribution in [0.15, 0.2) is 48.5 Å². The van der Waals surface area contributed by atoms with Gasteiger partial charge in [-0.15, -0.1) is 12.4 Å². The number of benzene rings is 2. The molecule has 0 aliphatic carbocycles. The van der Waals surface area contributed by atoms with Crippen molar-refractivity contribution in [1.82, 2.24) is 5.32 Å². The van der Waals surface area contributed by atoms with Crippen molar-refractivity contribution in [3.05, 3.63) is 59.7 Å². The lowest BCUT2D eigenvalue weighted by atomic mass is 10.1. The normalized spacial score (nSPS) is 13.0. The molecule has 0 aromatic heterocycles. The van der Waals surface area contributed by atoms with Crippen molar-refractivity contribution in [2.45, 2.75) is 12.8 Å². The van der Waals surface area contributed by atoms with Crippen LogP contribution < -0.4 is 21.3 Å². The van der Waals surface area contributed by atoms with Gasteiger partial charge in [-0.05, 0) is 42.8 Å². The van der Waals surface area contributed by atoms with Crippen LogP contribution in [0.25, 0.3) is 0 Å². The molecule has 0 atom stereocenters. The molecule has 0 radical (unpaired) electrons. The minimum Gasteiger partial charge on any atom is -0.351 e. The summed E-state index contributed by atoms with van der Waals surface area (Å²) in [7, 11) is 0. The zero-order valence-corrected chi connectivity index (χ0v) is 16.1. The van der Waals surface area contributed by atoms with E-state index in [1.807, 2.05) is 0 Å². The average molecular weight is 403 g/mol. The average Bonchev–Trinajstić information content (AvgIpc) is 3.12. The Morgan fingerprint density at radius 2 is 1.75 bits per heavy atom. The summed E-state index contributed by atoms with van der Waals surface area (Å²) in [6, 6.07) is 13.7. The van der Waals surface area contributed by atoms with Crippen LogP contribution in [0, 0.1) is 0 Å². The van der Waals surface area contributed by atoms with Gasteiger partial charge < -0.3 is 21.3 Å². The van der Waals surface area contributed by atoms with Gasteiger partial charge in [0.2, 0.25) is 5.91 Å². The second-order valence-corrected chi connectivity index (χ2v) is 6.24. The smallest absolute Gasteiger partial charge is 0.255 e. The van der Waals surface area contributed by atoms with Crippen LogP contribution in [0.4, 0.5) is 11.4 Å². The zero-order valence-electron chi connectivity index (χ0n) is 15.3. The van der Waals surface area contributed by atoms with Crippen LogP contribution in [0.2, 0.25) is 0 Å². The summed E-state index contributed by atoms with van der Waals surface area (Å²) in [6.07, 6.45) is 1.41. The number of halogens is 1. The Kier molecular flexibility index (Phi) is 7.54. The van der Waals surface area contributed by atoms with E-state index < -0.39 is 0 Å². The van der Waals surface area contributed by atoms with Gasteiger partial charge in [0.05, 0.1) is 11.3 Å². The van der Waals surface area contributed by atoms with Crippen LogP contribution in [0.5, 0.6) is 0 Å². The Morgan fingerprint density at radius 3 is 2.39 bits per heavy atom. The lowest BCUT2D eigenvalue weighted by molar-refractivity contribution is -0.117. The van der Waals surface area contributed by atoms with Crippen molar-refractivity contribution >= 4 is 41.5 Å². The molecule has 3 amide bonds. The summed E-state index contributed by atoms with van der Waals surface area (Å²) in [5, 5.41) is 5.46. The van der Waals surface area contributed by atoms with E-state index in [1.165, 1.54) is 0 Å². The third-order valence-corrected chi connectivity index (χ3v) is 4.36. The number of hydrogen-bond acceptors (Lipinski definition) is 4. The second kappa shape index (κ2) is 9.87. The monoisotopic (exact) mass is 402 g/mol. The van der Waals surface area contributed by atoms with E-state index in [9.17, 15) is 14.4 Å². The van der Waals surface area contributed by atoms with Gasteiger partial charge in [0.15, 0.2) is 0 Å². The number of nitrogens with one attached hydrogen (secondary N) is 2. The Bertz CT molecular complexity index is 855. The largest absolute Gasteiger partial charge is 0.351 e. The van der Waals surface area contributed by atoms with Crippen molar-refractivity contribution in [3.63, 3.8) is 0 Å². The van der Waals surface area contributed by atoms with E-state index >= 15 is 0 Å². The number of carbonyl (C=O) groups is 3. The number of anilines is 2. The Balaban J connectivity index is 0.00000280. The van der Waals surface area contributed by atoms with E-state index in [-0.39, 0.29) is 30.1 Å². The molecule has 0 spiro atoms. The first kappa shape index (κ1) is 21.4. The molecule has 7 nitrogen and oxygen atoms in total. The van der Waals surface area contributed by atoms with Crippen molar-refractivity contribution in [2.24, 2.45) is 5.73 Å². The van der Waals surface area contributed by atoms with Crippen molar-refractivity contribution < 1.29 is 14.4 Å². The first-order valence-electron chi connectivity index (χ1n) is 8.89. The SMILES string of the molecule is Cl.NCCNC(=O)c1ccccc1NC(=O)c1ccc(N2CCCC2=O)cc1. The maximum atomic E-state index is 12.6. The van der Waals surface area contributed by atoms with Gasteiger partial charge in [0.25, 0.3) is 11.8 Å². The molecule has 2 aromatic rings. The number of amides is 3. The van der Waals surface area contributed by atoms with Crippen LogP contribution in [-0.4, -0.2) is 37.4 Å². The lowest BCUT2D eigenvalue weighted by Gasteiger charge is -2.16. The number of nitrogens with zero attached hydrogens (tertiary/aromatic N) is 1. The van der Waals surface area contributed by atoms with Gasteiger partial charge in [-0.25, -0.2) is 0 Å². The van der Waals surface area contributed by atoms with E-state index in [0.717, 1.165) is 12.1 Å². The van der Waals surface area contributed by atoms with Gasteiger partial charge in [-0.1, -0.05) is 12.1 Å². The van der Waals surface area contributed by atoms with Crippen LogP contribution in [0.3, 0.4) is 0 Å². The number of nitrogens with two attached hydrogens (primary N) is 1. The minimum atomic E-state index is -0.326. The third kappa shape index (κ3) is 4.88. The van der Waals surface area contributed by atoms with Crippen LogP contribution >= 0.6 is 12.4 Å². The molecule has 1 saturated heterocycles. The molecule has 2 aromatic carbocycles. The van der Waals surface area contributed by atoms with Crippen molar-refractivity contribution in [1.29, 1.82) is 0 Å². The standard InChI is InChI=1S/C20H22N4O3.ClH/c21-11-12-22-20(27)16-4-1-2-5-17(16)23-19(26)14-7-9-15(10-8-14)24-13-3-6-18(24)25;/h1-2,4-5,7-10H,3,6,11-13,21H2,(H,22,27)(H,23,26);1H. The molecule has 0 unspecified atom stereocenters. The Labute approximate surface area is 169 Å². The molecule has 28 heavy (non-hydrogen) atoms. The van der Waals surface area contributed by atoms with E-state index in [4.69, 9.17) is 5.73 Å². The van der Waals surface area contributed by atoms with Gasteiger partial charge in [-0.2, -0.15) is 0 Å². The maximum Gasteiger partial charge on any atom is 0.255 e. The first-order valence-corrected chi connectivity index (χ1v) is 8.89. The molecule has 1 aliphatic rings. The summed E-state index contributed by atoms with van der Waals surface area (Å²) in [6.45, 7) is 1.40. The fraction of sp³-hybridized carbons (Fsp3) is 0.250. The summed E-state index contributed by atoms with van der Waals surface area (Å²) in [4.78, 5) is 38.3. The molecule has 1 aliphatic heterocycles. The maximum absolute atomic E-state index is 12.6. The molecule has 8 heteroatoms. The van der Waals surface area contributed by atoms with E-state index in [1.54, 1.807) is 53.4 Å². The molecule has 3 rings (SSSR count). The predicted molar refractivity (Wildman–Crippen MR) is 111 cm³/mol. The zero-order chi connectivity index (χ0) is 19.2. The van der Waals surface area contributed by atoms with E-state index in [0.29, 0.717) is 42.9 Å². The summed E-state index contributed by atoms with van der Waals surface area (Å²) < 4.78 is 0. The highest BCUT2D eigenvalue weighted by Gasteiger charge is 2.22. The highest BCUT2D eigenvalue weighted by Crippen LogP contribution is 2.22. The molecular weight excluding hydrogens is 380 g/mol. The molecule has 148 valence electrons. The van der Waals surface area contributed by atoms with Crippen molar-refractivity contribution in [3.8, 4) is 0 Å². The summed E-state index contributed by atoms with van der Waals surface area (Å²) in [5.41, 5.74) is 7.44. The fourth-order valence-electron chi connectivity index (χ4n) is 2.98. The molecule has 0 bridgehead atoms. The molecular formula is C20H23ClN4O3. The molecule has 1 fully saturated rings. The van der Waals surface area contributed by atoms with Crippen molar-refractivity contribution in [2.75, 3.05) is 29.9 Å². The molecule has 4 N–H and O–H groups in total. The highest BCUT2D eigenvalue weighted by atomic mass is 35.5. The number of para-hydroxylation sites is 1. The van der Waals surface area contributed by atoms with Gasteiger partial charge in [0.1, 0.15) is 0 Å². The highest BCUT2D eigenvalue weighted by molar-refractivity contribution is 6.09. The van der Waals surface area contributed by atoms with Gasteiger partial charge in [-0.3, -0.25) is 14.4 Å². The fourth-order valence-corrected chi connectivity index (χ4v) is 2.98. The Hall–Kier alpha value is -2.90.